The molecular weight excluding hydrogens is 338 g/mol. The molecule has 0 saturated heterocycles. The predicted octanol–water partition coefficient (Wildman–Crippen LogP) is -0.0923. The number of anilines is 1. The maximum Gasteiger partial charge on any atom is 0.229 e. The topological polar surface area (TPSA) is 133 Å². The number of methoxy groups -OCH3 is 1. The Labute approximate surface area is 154 Å². The van der Waals surface area contributed by atoms with Crippen molar-refractivity contribution in [2.75, 3.05) is 66.0 Å². The maximum atomic E-state index is 5.70. The normalized spacial score (nSPS) is 10.6. The molecule has 0 amide bonds. The largest absolute Gasteiger partial charge is 0.477 e. The van der Waals surface area contributed by atoms with E-state index in [0.29, 0.717) is 50.6 Å². The van der Waals surface area contributed by atoms with Crippen LogP contribution in [0, 0.1) is 0 Å². The van der Waals surface area contributed by atoms with E-state index in [2.05, 4.69) is 20.3 Å². The number of rotatable bonds is 14. The average Bonchev–Trinajstić information content (AvgIpc) is 2.57. The lowest BCUT2D eigenvalue weighted by Crippen LogP contribution is -2.23. The van der Waals surface area contributed by atoms with Crippen molar-refractivity contribution in [2.45, 2.75) is 12.8 Å². The van der Waals surface area contributed by atoms with Gasteiger partial charge in [0.25, 0.3) is 0 Å². The molecular formula is C16H31N7O3. The van der Waals surface area contributed by atoms with E-state index in [1.54, 1.807) is 13.2 Å². The number of ether oxygens (including phenoxy) is 3. The average molecular weight is 369 g/mol. The summed E-state index contributed by atoms with van der Waals surface area (Å²) in [4.78, 5) is 14.6. The van der Waals surface area contributed by atoms with E-state index in [4.69, 9.17) is 25.7 Å². The molecule has 10 heteroatoms. The number of hydrogen-bond donors (Lipinski definition) is 3. The molecule has 0 aromatic carbocycles. The second-order valence-electron chi connectivity index (χ2n) is 5.80. The van der Waals surface area contributed by atoms with Gasteiger partial charge < -0.3 is 35.9 Å². The Kier molecular flexibility index (Phi) is 10.8. The minimum absolute atomic E-state index is 0.105. The summed E-state index contributed by atoms with van der Waals surface area (Å²) >= 11 is 0. The van der Waals surface area contributed by atoms with Crippen molar-refractivity contribution in [3.05, 3.63) is 6.07 Å². The Bertz CT molecular complexity index is 537. The first kappa shape index (κ1) is 21.7. The van der Waals surface area contributed by atoms with Crippen molar-refractivity contribution in [3.63, 3.8) is 0 Å². The van der Waals surface area contributed by atoms with Crippen molar-refractivity contribution in [3.8, 4) is 11.8 Å². The van der Waals surface area contributed by atoms with Gasteiger partial charge in [0.05, 0.1) is 19.3 Å². The van der Waals surface area contributed by atoms with Gasteiger partial charge in [-0.15, -0.1) is 0 Å². The summed E-state index contributed by atoms with van der Waals surface area (Å²) in [5, 5.41) is 3.09. The molecule has 1 aromatic heterocycles. The van der Waals surface area contributed by atoms with Crippen LogP contribution in [0.3, 0.4) is 0 Å². The SMILES string of the molecule is COCCNc1nc(OCCCCN=C(N)N)cc(OCCN(C)C)n1. The molecule has 0 aliphatic rings. The third-order valence-electron chi connectivity index (χ3n) is 3.15. The Morgan fingerprint density at radius 3 is 2.42 bits per heavy atom. The number of likely N-dealkylation sites (N-methyl/N-ethyl adjacent to an activating group) is 1. The number of hydrogen-bond acceptors (Lipinski definition) is 8. The van der Waals surface area contributed by atoms with Gasteiger partial charge in [0.15, 0.2) is 5.96 Å². The maximum absolute atomic E-state index is 5.70. The van der Waals surface area contributed by atoms with Crippen LogP contribution >= 0.6 is 0 Å². The van der Waals surface area contributed by atoms with Gasteiger partial charge in [0, 0.05) is 26.7 Å². The Morgan fingerprint density at radius 1 is 1.12 bits per heavy atom. The Morgan fingerprint density at radius 2 is 1.81 bits per heavy atom. The van der Waals surface area contributed by atoms with E-state index in [1.165, 1.54) is 0 Å². The second-order valence-corrected chi connectivity index (χ2v) is 5.80. The number of guanidine groups is 1. The van der Waals surface area contributed by atoms with Gasteiger partial charge in [-0.1, -0.05) is 0 Å². The number of nitrogens with zero attached hydrogens (tertiary/aromatic N) is 4. The summed E-state index contributed by atoms with van der Waals surface area (Å²) in [7, 11) is 5.61. The molecule has 0 spiro atoms. The van der Waals surface area contributed by atoms with Gasteiger partial charge in [-0.2, -0.15) is 9.97 Å². The molecule has 1 aromatic rings. The van der Waals surface area contributed by atoms with Crippen molar-refractivity contribution in [2.24, 2.45) is 16.5 Å². The number of aromatic nitrogens is 2. The third kappa shape index (κ3) is 10.5. The van der Waals surface area contributed by atoms with Crippen molar-refractivity contribution in [1.29, 1.82) is 0 Å². The summed E-state index contributed by atoms with van der Waals surface area (Å²) in [6, 6.07) is 1.69. The number of unbranched alkanes of at least 4 members (excludes halogenated alkanes) is 1. The van der Waals surface area contributed by atoms with E-state index in [-0.39, 0.29) is 5.96 Å². The highest BCUT2D eigenvalue weighted by atomic mass is 16.5. The van der Waals surface area contributed by atoms with Crippen LogP contribution in [0.1, 0.15) is 12.8 Å². The fourth-order valence-electron chi connectivity index (χ4n) is 1.83. The molecule has 1 heterocycles. The molecule has 0 radical (unpaired) electrons. The van der Waals surface area contributed by atoms with Crippen molar-refractivity contribution >= 4 is 11.9 Å². The monoisotopic (exact) mass is 369 g/mol. The first-order valence-electron chi connectivity index (χ1n) is 8.59. The van der Waals surface area contributed by atoms with Crippen LogP contribution in [0.25, 0.3) is 0 Å². The standard InChI is InChI=1S/C16H31N7O3/c1-23(2)8-11-26-14-12-13(21-16(22-14)20-7-10-24-3)25-9-5-4-6-19-15(17)18/h12H,4-11H2,1-3H3,(H4,17,18,19)(H,20,21,22). The van der Waals surface area contributed by atoms with Crippen LogP contribution in [0.2, 0.25) is 0 Å². The quantitative estimate of drug-likeness (QED) is 0.234. The lowest BCUT2D eigenvalue weighted by Gasteiger charge is -2.13. The molecule has 148 valence electrons. The smallest absolute Gasteiger partial charge is 0.229 e. The Balaban J connectivity index is 2.56. The van der Waals surface area contributed by atoms with E-state index in [0.717, 1.165) is 19.4 Å². The van der Waals surface area contributed by atoms with E-state index in [1.807, 2.05) is 19.0 Å². The molecule has 0 atom stereocenters. The van der Waals surface area contributed by atoms with Crippen LogP contribution in [0.5, 0.6) is 11.8 Å². The zero-order valence-electron chi connectivity index (χ0n) is 15.9. The fraction of sp³-hybridized carbons (Fsp3) is 0.688. The van der Waals surface area contributed by atoms with E-state index < -0.39 is 0 Å². The van der Waals surface area contributed by atoms with E-state index in [9.17, 15) is 0 Å². The zero-order valence-corrected chi connectivity index (χ0v) is 15.9. The minimum atomic E-state index is 0.105. The molecule has 1 rings (SSSR count). The third-order valence-corrected chi connectivity index (χ3v) is 3.15. The van der Waals surface area contributed by atoms with Crippen LogP contribution in [-0.4, -0.2) is 81.5 Å². The van der Waals surface area contributed by atoms with Crippen LogP contribution < -0.4 is 26.3 Å². The highest BCUT2D eigenvalue weighted by molar-refractivity contribution is 5.75. The second kappa shape index (κ2) is 13.0. The molecule has 0 saturated carbocycles. The summed E-state index contributed by atoms with van der Waals surface area (Å²) in [5.74, 6) is 1.48. The predicted molar refractivity (Wildman–Crippen MR) is 102 cm³/mol. The van der Waals surface area contributed by atoms with Crippen molar-refractivity contribution < 1.29 is 14.2 Å². The molecule has 0 aliphatic carbocycles. The zero-order chi connectivity index (χ0) is 19.2. The molecule has 0 aliphatic heterocycles. The molecule has 10 nitrogen and oxygen atoms in total. The van der Waals surface area contributed by atoms with Gasteiger partial charge >= 0.3 is 0 Å². The first-order chi connectivity index (χ1) is 12.5. The van der Waals surface area contributed by atoms with Crippen molar-refractivity contribution in [1.82, 2.24) is 14.9 Å². The lowest BCUT2D eigenvalue weighted by atomic mass is 10.3. The van der Waals surface area contributed by atoms with Crippen LogP contribution in [0.4, 0.5) is 5.95 Å². The van der Waals surface area contributed by atoms with E-state index >= 15 is 0 Å². The molecule has 0 bridgehead atoms. The highest BCUT2D eigenvalue weighted by Gasteiger charge is 2.07. The van der Waals surface area contributed by atoms with Gasteiger partial charge in [-0.05, 0) is 26.9 Å². The number of nitrogens with one attached hydrogen (secondary N) is 1. The minimum Gasteiger partial charge on any atom is -0.477 e. The fourth-order valence-corrected chi connectivity index (χ4v) is 1.83. The molecule has 26 heavy (non-hydrogen) atoms. The summed E-state index contributed by atoms with van der Waals surface area (Å²) in [5.41, 5.74) is 10.6. The summed E-state index contributed by atoms with van der Waals surface area (Å²) in [6.07, 6.45) is 1.64. The molecule has 0 fully saturated rings. The first-order valence-corrected chi connectivity index (χ1v) is 8.59. The van der Waals surface area contributed by atoms with Gasteiger partial charge in [-0.3, -0.25) is 4.99 Å². The number of aliphatic imine (C=N–C) groups is 1. The molecule has 0 unspecified atom stereocenters. The van der Waals surface area contributed by atoms with Gasteiger partial charge in [0.2, 0.25) is 17.7 Å². The highest BCUT2D eigenvalue weighted by Crippen LogP contribution is 2.18. The van der Waals surface area contributed by atoms with Gasteiger partial charge in [0.1, 0.15) is 6.61 Å². The lowest BCUT2D eigenvalue weighted by molar-refractivity contribution is 0.210. The van der Waals surface area contributed by atoms with Crippen LogP contribution in [-0.2, 0) is 4.74 Å². The van der Waals surface area contributed by atoms with Gasteiger partial charge in [-0.25, -0.2) is 0 Å². The molecule has 5 N–H and O–H groups in total. The van der Waals surface area contributed by atoms with Crippen LogP contribution in [0.15, 0.2) is 11.1 Å². The Hall–Kier alpha value is -2.33. The summed E-state index contributed by atoms with van der Waals surface area (Å²) in [6.45, 7) is 3.55. The number of nitrogens with two attached hydrogens (primary N) is 2. The summed E-state index contributed by atoms with van der Waals surface area (Å²) < 4.78 is 16.4.